The average Bonchev–Trinajstić information content (AvgIpc) is 3.14. The van der Waals surface area contributed by atoms with E-state index in [1.807, 2.05) is 17.9 Å². The first-order valence-electron chi connectivity index (χ1n) is 8.34. The summed E-state index contributed by atoms with van der Waals surface area (Å²) in [5.74, 6) is 0.212. The molecule has 0 aromatic carbocycles. The van der Waals surface area contributed by atoms with Gasteiger partial charge in [-0.2, -0.15) is 4.31 Å². The number of likely N-dealkylation sites (tertiary alicyclic amines) is 1. The van der Waals surface area contributed by atoms with Gasteiger partial charge in [0.05, 0.1) is 0 Å². The Hall–Kier alpha value is -0.920. The van der Waals surface area contributed by atoms with Crippen LogP contribution in [0.5, 0.6) is 0 Å². The molecule has 128 valence electrons. The van der Waals surface area contributed by atoms with Gasteiger partial charge < -0.3 is 4.90 Å². The first kappa shape index (κ1) is 16.9. The second-order valence-electron chi connectivity index (χ2n) is 6.40. The van der Waals surface area contributed by atoms with E-state index in [0.717, 1.165) is 43.5 Å². The third-order valence-electron chi connectivity index (χ3n) is 4.76. The molecule has 0 aliphatic carbocycles. The molecule has 1 aromatic rings. The molecule has 0 saturated carbocycles. The van der Waals surface area contributed by atoms with E-state index in [2.05, 4.69) is 0 Å². The molecule has 0 radical (unpaired) electrons. The van der Waals surface area contributed by atoms with Crippen LogP contribution < -0.4 is 0 Å². The Morgan fingerprint density at radius 3 is 2.70 bits per heavy atom. The van der Waals surface area contributed by atoms with Crippen molar-refractivity contribution in [2.45, 2.75) is 55.7 Å². The molecule has 1 unspecified atom stereocenters. The summed E-state index contributed by atoms with van der Waals surface area (Å²) in [6.45, 7) is 4.02. The molecule has 1 atom stereocenters. The van der Waals surface area contributed by atoms with Gasteiger partial charge in [0.1, 0.15) is 4.21 Å². The normalized spacial score (nSPS) is 23.6. The predicted molar refractivity (Wildman–Crippen MR) is 91.0 cm³/mol. The van der Waals surface area contributed by atoms with E-state index in [-0.39, 0.29) is 11.9 Å². The van der Waals surface area contributed by atoms with E-state index in [4.69, 9.17) is 0 Å². The summed E-state index contributed by atoms with van der Waals surface area (Å²) < 4.78 is 28.0. The largest absolute Gasteiger partial charge is 0.343 e. The van der Waals surface area contributed by atoms with Crippen molar-refractivity contribution in [1.29, 1.82) is 0 Å². The molecule has 5 nitrogen and oxygen atoms in total. The zero-order valence-electron chi connectivity index (χ0n) is 13.5. The van der Waals surface area contributed by atoms with Crippen LogP contribution in [0, 0.1) is 6.92 Å². The molecule has 7 heteroatoms. The van der Waals surface area contributed by atoms with Crippen LogP contribution >= 0.6 is 11.3 Å². The Morgan fingerprint density at radius 2 is 2.04 bits per heavy atom. The van der Waals surface area contributed by atoms with Gasteiger partial charge in [0.2, 0.25) is 5.91 Å². The quantitative estimate of drug-likeness (QED) is 0.815. The van der Waals surface area contributed by atoms with Gasteiger partial charge in [-0.05, 0) is 44.7 Å². The topological polar surface area (TPSA) is 57.7 Å². The molecule has 1 aromatic heterocycles. The number of amides is 1. The fourth-order valence-corrected chi connectivity index (χ4v) is 6.63. The lowest BCUT2D eigenvalue weighted by atomic mass is 10.0. The number of carbonyl (C=O) groups excluding carboxylic acids is 1. The number of nitrogens with zero attached hydrogens (tertiary/aromatic N) is 2. The van der Waals surface area contributed by atoms with Gasteiger partial charge in [-0.25, -0.2) is 8.42 Å². The monoisotopic (exact) mass is 356 g/mol. The zero-order valence-corrected chi connectivity index (χ0v) is 15.2. The van der Waals surface area contributed by atoms with Crippen LogP contribution in [0.4, 0.5) is 0 Å². The second kappa shape index (κ2) is 6.91. The number of rotatable bonds is 5. The molecule has 2 aliphatic rings. The molecule has 0 N–H and O–H groups in total. The fourth-order valence-electron chi connectivity index (χ4n) is 3.49. The van der Waals surface area contributed by atoms with Gasteiger partial charge in [-0.3, -0.25) is 4.79 Å². The molecule has 0 bridgehead atoms. The summed E-state index contributed by atoms with van der Waals surface area (Å²) in [6, 6.07) is 3.59. The van der Waals surface area contributed by atoms with Gasteiger partial charge >= 0.3 is 0 Å². The van der Waals surface area contributed by atoms with Crippen LogP contribution in [-0.4, -0.2) is 49.2 Å². The third-order valence-corrected chi connectivity index (χ3v) is 8.18. The highest BCUT2D eigenvalue weighted by molar-refractivity contribution is 7.91. The van der Waals surface area contributed by atoms with Crippen LogP contribution in [0.15, 0.2) is 16.3 Å². The summed E-state index contributed by atoms with van der Waals surface area (Å²) >= 11 is 1.34. The molecular formula is C16H24N2O3S2. The van der Waals surface area contributed by atoms with Gasteiger partial charge in [0, 0.05) is 37.0 Å². The highest BCUT2D eigenvalue weighted by Crippen LogP contribution is 2.31. The molecule has 2 aliphatic heterocycles. The minimum atomic E-state index is -3.40. The van der Waals surface area contributed by atoms with Crippen LogP contribution in [0.2, 0.25) is 0 Å². The first-order valence-corrected chi connectivity index (χ1v) is 10.6. The minimum absolute atomic E-state index is 0.0181. The minimum Gasteiger partial charge on any atom is -0.343 e. The van der Waals surface area contributed by atoms with Gasteiger partial charge in [-0.15, -0.1) is 11.3 Å². The summed E-state index contributed by atoms with van der Waals surface area (Å²) in [7, 11) is -3.40. The Balaban J connectivity index is 1.72. The molecule has 1 amide bonds. The summed E-state index contributed by atoms with van der Waals surface area (Å²) in [4.78, 5) is 14.6. The van der Waals surface area contributed by atoms with Crippen LogP contribution in [0.1, 0.15) is 43.4 Å². The first-order chi connectivity index (χ1) is 11.0. The van der Waals surface area contributed by atoms with Crippen molar-refractivity contribution in [3.8, 4) is 0 Å². The number of aryl methyl sites for hydroxylation is 1. The molecule has 3 rings (SSSR count). The van der Waals surface area contributed by atoms with Crippen molar-refractivity contribution in [2.24, 2.45) is 0 Å². The number of sulfonamides is 1. The van der Waals surface area contributed by atoms with E-state index >= 15 is 0 Å². The predicted octanol–water partition coefficient (Wildman–Crippen LogP) is 2.61. The smallest absolute Gasteiger partial charge is 0.252 e. The maximum Gasteiger partial charge on any atom is 0.252 e. The Kier molecular flexibility index (Phi) is 5.08. The lowest BCUT2D eigenvalue weighted by Gasteiger charge is -2.35. The summed E-state index contributed by atoms with van der Waals surface area (Å²) in [6.07, 6.45) is 5.19. The molecule has 23 heavy (non-hydrogen) atoms. The van der Waals surface area contributed by atoms with Crippen molar-refractivity contribution in [3.05, 3.63) is 17.0 Å². The van der Waals surface area contributed by atoms with Crippen LogP contribution in [0.3, 0.4) is 0 Å². The van der Waals surface area contributed by atoms with Crippen LogP contribution in [0.25, 0.3) is 0 Å². The number of hydrogen-bond donors (Lipinski definition) is 0. The Morgan fingerprint density at radius 1 is 1.22 bits per heavy atom. The fraction of sp³-hybridized carbons (Fsp3) is 0.688. The van der Waals surface area contributed by atoms with E-state index in [1.54, 1.807) is 10.4 Å². The number of thiophene rings is 1. The molecular weight excluding hydrogens is 332 g/mol. The SMILES string of the molecule is Cc1ccc(S(=O)(=O)N2CCCCC2CCN2CCCC2=O)s1. The lowest BCUT2D eigenvalue weighted by molar-refractivity contribution is -0.127. The van der Waals surface area contributed by atoms with Gasteiger partial charge in [-0.1, -0.05) is 6.42 Å². The van der Waals surface area contributed by atoms with Crippen molar-refractivity contribution < 1.29 is 13.2 Å². The lowest BCUT2D eigenvalue weighted by Crippen LogP contribution is -2.45. The van der Waals surface area contributed by atoms with Crippen molar-refractivity contribution in [3.63, 3.8) is 0 Å². The summed E-state index contributed by atoms with van der Waals surface area (Å²) in [5.41, 5.74) is 0. The van der Waals surface area contributed by atoms with Crippen molar-refractivity contribution in [2.75, 3.05) is 19.6 Å². The van der Waals surface area contributed by atoms with E-state index in [1.165, 1.54) is 11.3 Å². The van der Waals surface area contributed by atoms with E-state index < -0.39 is 10.0 Å². The number of carbonyl (C=O) groups is 1. The Bertz CT molecular complexity index is 669. The average molecular weight is 357 g/mol. The van der Waals surface area contributed by atoms with Crippen LogP contribution in [-0.2, 0) is 14.8 Å². The highest BCUT2D eigenvalue weighted by atomic mass is 32.2. The molecule has 3 heterocycles. The van der Waals surface area contributed by atoms with E-state index in [0.29, 0.717) is 23.7 Å². The zero-order chi connectivity index (χ0) is 16.4. The summed E-state index contributed by atoms with van der Waals surface area (Å²) in [5, 5.41) is 0. The van der Waals surface area contributed by atoms with Gasteiger partial charge in [0.25, 0.3) is 10.0 Å². The molecule has 0 spiro atoms. The highest BCUT2D eigenvalue weighted by Gasteiger charge is 2.34. The maximum absolute atomic E-state index is 12.9. The van der Waals surface area contributed by atoms with Gasteiger partial charge in [0.15, 0.2) is 0 Å². The number of piperidine rings is 1. The molecule has 2 saturated heterocycles. The Labute approximate surface area is 142 Å². The maximum atomic E-state index is 12.9. The standard InChI is InChI=1S/C16H24N2O3S2/c1-13-7-8-16(22-13)23(20,21)18-11-3-2-5-14(18)9-12-17-10-4-6-15(17)19/h7-8,14H,2-6,9-12H2,1H3. The third kappa shape index (κ3) is 3.61. The number of hydrogen-bond acceptors (Lipinski definition) is 4. The second-order valence-corrected chi connectivity index (χ2v) is 9.81. The van der Waals surface area contributed by atoms with Crippen molar-refractivity contribution >= 4 is 27.3 Å². The molecule has 2 fully saturated rings. The van der Waals surface area contributed by atoms with Crippen molar-refractivity contribution in [1.82, 2.24) is 9.21 Å². The van der Waals surface area contributed by atoms with E-state index in [9.17, 15) is 13.2 Å².